The summed E-state index contributed by atoms with van der Waals surface area (Å²) in [7, 11) is 1.92. The van der Waals surface area contributed by atoms with Crippen LogP contribution in [0.4, 0.5) is 14.6 Å². The summed E-state index contributed by atoms with van der Waals surface area (Å²) in [5.41, 5.74) is 6.38. The second-order valence-corrected chi connectivity index (χ2v) is 7.98. The number of amides is 1. The second-order valence-electron chi connectivity index (χ2n) is 7.98. The number of likely N-dealkylation sites (N-methyl/N-ethyl adjacent to an activating group) is 1. The van der Waals surface area contributed by atoms with Crippen molar-refractivity contribution in [3.63, 3.8) is 0 Å². The van der Waals surface area contributed by atoms with Crippen molar-refractivity contribution in [1.29, 1.82) is 0 Å². The van der Waals surface area contributed by atoms with Crippen LogP contribution in [0.25, 0.3) is 16.7 Å². The van der Waals surface area contributed by atoms with Crippen molar-refractivity contribution in [1.82, 2.24) is 30.0 Å². The summed E-state index contributed by atoms with van der Waals surface area (Å²) in [6.45, 7) is 4.43. The van der Waals surface area contributed by atoms with Crippen molar-refractivity contribution < 1.29 is 13.6 Å². The smallest absolute Gasteiger partial charge is 0.303 e. The first kappa shape index (κ1) is 21.0. The maximum Gasteiger partial charge on any atom is 0.303 e. The van der Waals surface area contributed by atoms with Crippen molar-refractivity contribution in [3.05, 3.63) is 36.0 Å². The molecule has 1 fully saturated rings. The molecule has 0 aromatic carbocycles. The van der Waals surface area contributed by atoms with E-state index in [1.807, 2.05) is 7.05 Å². The Balaban J connectivity index is 1.87. The standard InChI is InChI=1S/C20H24F2N8O/c1-11-9-29(10-14(11)24-3)18-13-8-26-12(7-16(23)31)6-15(13)30(28-18)17-4-5-25-19(27-17)20(2,21)22/h4-6,8,11,14,24H,7,9-10H2,1-3H3,(H2,23,31). The van der Waals surface area contributed by atoms with E-state index < -0.39 is 17.7 Å². The highest BCUT2D eigenvalue weighted by molar-refractivity contribution is 5.92. The molecular formula is C20H24F2N8O. The van der Waals surface area contributed by atoms with Crippen molar-refractivity contribution >= 4 is 22.6 Å². The predicted molar refractivity (Wildman–Crippen MR) is 111 cm³/mol. The molecule has 3 aromatic rings. The normalized spacial score (nSPS) is 19.3. The molecule has 4 rings (SSSR count). The Bertz CT molecular complexity index is 1130. The van der Waals surface area contributed by atoms with Crippen LogP contribution in [-0.4, -0.2) is 56.8 Å². The summed E-state index contributed by atoms with van der Waals surface area (Å²) in [6, 6.07) is 3.51. The maximum absolute atomic E-state index is 13.8. The van der Waals surface area contributed by atoms with E-state index in [2.05, 4.69) is 32.1 Å². The van der Waals surface area contributed by atoms with Gasteiger partial charge in [0.1, 0.15) is 0 Å². The molecule has 2 unspecified atom stereocenters. The van der Waals surface area contributed by atoms with E-state index in [4.69, 9.17) is 10.8 Å². The molecule has 0 bridgehead atoms. The number of halogens is 2. The highest BCUT2D eigenvalue weighted by Gasteiger charge is 2.32. The molecule has 0 radical (unpaired) electrons. The number of fused-ring (bicyclic) bond motifs is 1. The fraction of sp³-hybridized carbons (Fsp3) is 0.450. The molecule has 3 N–H and O–H groups in total. The van der Waals surface area contributed by atoms with Gasteiger partial charge in [0, 0.05) is 44.5 Å². The van der Waals surface area contributed by atoms with Gasteiger partial charge < -0.3 is 16.0 Å². The van der Waals surface area contributed by atoms with E-state index in [0.29, 0.717) is 29.0 Å². The summed E-state index contributed by atoms with van der Waals surface area (Å²) in [5, 5.41) is 8.76. The number of carbonyl (C=O) groups excluding carboxylic acids is 1. The first-order chi connectivity index (χ1) is 14.7. The topological polar surface area (TPSA) is 115 Å². The van der Waals surface area contributed by atoms with Crippen LogP contribution in [0.15, 0.2) is 24.5 Å². The highest BCUT2D eigenvalue weighted by atomic mass is 19.3. The Morgan fingerprint density at radius 2 is 2.13 bits per heavy atom. The van der Waals surface area contributed by atoms with Crippen molar-refractivity contribution in [2.75, 3.05) is 25.0 Å². The van der Waals surface area contributed by atoms with E-state index in [1.165, 1.54) is 16.9 Å². The van der Waals surface area contributed by atoms with Crippen LogP contribution in [0.1, 0.15) is 25.4 Å². The van der Waals surface area contributed by atoms with Gasteiger partial charge in [-0.25, -0.2) is 14.6 Å². The van der Waals surface area contributed by atoms with Gasteiger partial charge in [-0.2, -0.15) is 8.78 Å². The van der Waals surface area contributed by atoms with Crippen LogP contribution < -0.4 is 16.0 Å². The zero-order valence-electron chi connectivity index (χ0n) is 17.5. The molecule has 0 saturated carbocycles. The minimum absolute atomic E-state index is 0.0406. The third-order valence-electron chi connectivity index (χ3n) is 5.49. The number of nitrogens with one attached hydrogen (secondary N) is 1. The second kappa shape index (κ2) is 7.80. The minimum Gasteiger partial charge on any atom is -0.369 e. The number of pyridine rings is 1. The lowest BCUT2D eigenvalue weighted by Crippen LogP contribution is -2.32. The van der Waals surface area contributed by atoms with Crippen LogP contribution in [0.5, 0.6) is 0 Å². The average Bonchev–Trinajstić information content (AvgIpc) is 3.27. The van der Waals surface area contributed by atoms with Gasteiger partial charge in [-0.1, -0.05) is 6.92 Å². The number of hydrogen-bond donors (Lipinski definition) is 2. The number of rotatable bonds is 6. The molecule has 2 atom stereocenters. The maximum atomic E-state index is 13.8. The molecule has 0 spiro atoms. The van der Waals surface area contributed by atoms with Crippen molar-refractivity contribution in [2.45, 2.75) is 32.2 Å². The van der Waals surface area contributed by atoms with Gasteiger partial charge in [0.15, 0.2) is 11.6 Å². The van der Waals surface area contributed by atoms with Crippen LogP contribution in [-0.2, 0) is 17.1 Å². The first-order valence-corrected chi connectivity index (χ1v) is 9.97. The highest BCUT2D eigenvalue weighted by Crippen LogP contribution is 2.32. The van der Waals surface area contributed by atoms with Gasteiger partial charge in [-0.3, -0.25) is 9.78 Å². The lowest BCUT2D eigenvalue weighted by atomic mass is 10.1. The van der Waals surface area contributed by atoms with E-state index >= 15 is 0 Å². The lowest BCUT2D eigenvalue weighted by molar-refractivity contribution is -0.117. The molecular weight excluding hydrogens is 406 g/mol. The Morgan fingerprint density at radius 3 is 2.77 bits per heavy atom. The lowest BCUT2D eigenvalue weighted by Gasteiger charge is -2.15. The van der Waals surface area contributed by atoms with Gasteiger partial charge in [0.05, 0.1) is 23.0 Å². The van der Waals surface area contributed by atoms with Gasteiger partial charge in [0.25, 0.3) is 0 Å². The van der Waals surface area contributed by atoms with E-state index in [-0.39, 0.29) is 12.2 Å². The number of anilines is 1. The quantitative estimate of drug-likeness (QED) is 0.607. The molecule has 4 heterocycles. The number of alkyl halides is 2. The first-order valence-electron chi connectivity index (χ1n) is 9.97. The number of nitrogens with zero attached hydrogens (tertiary/aromatic N) is 6. The molecule has 164 valence electrons. The monoisotopic (exact) mass is 430 g/mol. The fourth-order valence-corrected chi connectivity index (χ4v) is 3.91. The van der Waals surface area contributed by atoms with E-state index in [0.717, 1.165) is 25.4 Å². The average molecular weight is 430 g/mol. The Kier molecular flexibility index (Phi) is 5.29. The third kappa shape index (κ3) is 4.05. The van der Waals surface area contributed by atoms with Crippen molar-refractivity contribution in [2.24, 2.45) is 11.7 Å². The summed E-state index contributed by atoms with van der Waals surface area (Å²) >= 11 is 0. The largest absolute Gasteiger partial charge is 0.369 e. The fourth-order valence-electron chi connectivity index (χ4n) is 3.91. The number of carbonyl (C=O) groups is 1. The molecule has 1 aliphatic heterocycles. The summed E-state index contributed by atoms with van der Waals surface area (Å²) in [4.78, 5) is 25.6. The van der Waals surface area contributed by atoms with Crippen LogP contribution in [0.3, 0.4) is 0 Å². The number of aromatic nitrogens is 5. The molecule has 1 aliphatic rings. The van der Waals surface area contributed by atoms with Crippen LogP contribution in [0.2, 0.25) is 0 Å². The Labute approximate surface area is 177 Å². The SMILES string of the molecule is CNC1CN(c2nn(-c3ccnc(C(C)(F)F)n3)c3cc(CC(N)=O)ncc23)CC1C. The molecule has 1 saturated heterocycles. The van der Waals surface area contributed by atoms with Gasteiger partial charge >= 0.3 is 5.92 Å². The van der Waals surface area contributed by atoms with Crippen LogP contribution in [0, 0.1) is 5.92 Å². The Hall–Kier alpha value is -3.21. The zero-order chi connectivity index (χ0) is 22.3. The van der Waals surface area contributed by atoms with E-state index in [9.17, 15) is 13.6 Å². The van der Waals surface area contributed by atoms with Gasteiger partial charge in [0.2, 0.25) is 11.7 Å². The number of nitrogens with two attached hydrogens (primary N) is 1. The van der Waals surface area contributed by atoms with Gasteiger partial charge in [-0.15, -0.1) is 5.10 Å². The third-order valence-corrected chi connectivity index (χ3v) is 5.49. The predicted octanol–water partition coefficient (Wildman–Crippen LogP) is 1.39. The summed E-state index contributed by atoms with van der Waals surface area (Å²) in [5.74, 6) is -3.01. The summed E-state index contributed by atoms with van der Waals surface area (Å²) < 4.78 is 29.1. The number of hydrogen-bond acceptors (Lipinski definition) is 7. The molecule has 1 amide bonds. The molecule has 0 aliphatic carbocycles. The van der Waals surface area contributed by atoms with Gasteiger partial charge in [-0.05, 0) is 19.0 Å². The molecule has 31 heavy (non-hydrogen) atoms. The molecule has 9 nitrogen and oxygen atoms in total. The minimum atomic E-state index is -3.19. The molecule has 11 heteroatoms. The number of primary amides is 1. The Morgan fingerprint density at radius 1 is 1.35 bits per heavy atom. The van der Waals surface area contributed by atoms with E-state index in [1.54, 1.807) is 12.3 Å². The van der Waals surface area contributed by atoms with Crippen LogP contribution >= 0.6 is 0 Å². The zero-order valence-corrected chi connectivity index (χ0v) is 17.5. The summed E-state index contributed by atoms with van der Waals surface area (Å²) in [6.07, 6.45) is 2.88. The van der Waals surface area contributed by atoms with Crippen molar-refractivity contribution in [3.8, 4) is 5.82 Å². The molecule has 3 aromatic heterocycles.